The molecular formula is C9H18O3. The molecule has 3 heteroatoms. The van der Waals surface area contributed by atoms with E-state index in [1.54, 1.807) is 0 Å². The molecule has 0 aromatic heterocycles. The molecule has 0 saturated carbocycles. The van der Waals surface area contributed by atoms with Crippen LogP contribution in [0.3, 0.4) is 0 Å². The molecule has 0 saturated heterocycles. The van der Waals surface area contributed by atoms with Crippen molar-refractivity contribution in [3.8, 4) is 0 Å². The van der Waals surface area contributed by atoms with Gasteiger partial charge in [0, 0.05) is 13.3 Å². The maximum Gasteiger partial charge on any atom is 0.304 e. The Kier molecular flexibility index (Phi) is 5.72. The highest BCUT2D eigenvalue weighted by molar-refractivity contribution is 5.66. The minimum atomic E-state index is -0.368. The molecule has 72 valence electrons. The van der Waals surface area contributed by atoms with Gasteiger partial charge in [-0.15, -0.1) is 0 Å². The van der Waals surface area contributed by atoms with Crippen molar-refractivity contribution in [3.63, 3.8) is 0 Å². The molecule has 0 spiro atoms. The first-order valence-electron chi connectivity index (χ1n) is 4.39. The van der Waals surface area contributed by atoms with E-state index < -0.39 is 0 Å². The van der Waals surface area contributed by atoms with Gasteiger partial charge in [0.1, 0.15) is 0 Å². The molecular weight excluding hydrogens is 156 g/mol. The lowest BCUT2D eigenvalue weighted by Gasteiger charge is -2.19. The van der Waals surface area contributed by atoms with Crippen LogP contribution in [0.2, 0.25) is 0 Å². The van der Waals surface area contributed by atoms with Crippen LogP contribution in [0.1, 0.15) is 40.5 Å². The summed E-state index contributed by atoms with van der Waals surface area (Å²) in [6, 6.07) is 0. The van der Waals surface area contributed by atoms with E-state index in [0.29, 0.717) is 0 Å². The molecule has 0 aromatic carbocycles. The van der Waals surface area contributed by atoms with Crippen LogP contribution in [0.15, 0.2) is 0 Å². The molecule has 3 nitrogen and oxygen atoms in total. The first-order chi connectivity index (χ1) is 5.56. The normalized spacial score (nSPS) is 13.1. The molecule has 0 aliphatic rings. The highest BCUT2D eigenvalue weighted by Crippen LogP contribution is 2.07. The van der Waals surface area contributed by atoms with Crippen molar-refractivity contribution in [1.82, 2.24) is 0 Å². The van der Waals surface area contributed by atoms with Crippen LogP contribution in [0, 0.1) is 0 Å². The number of hydrogen-bond donors (Lipinski definition) is 0. The highest BCUT2D eigenvalue weighted by Gasteiger charge is 2.12. The second kappa shape index (κ2) is 6.00. The van der Waals surface area contributed by atoms with Crippen molar-refractivity contribution < 1.29 is 14.3 Å². The second-order valence-corrected chi connectivity index (χ2v) is 3.01. The Bertz CT molecular complexity index is 132. The van der Waals surface area contributed by atoms with Gasteiger partial charge in [0.25, 0.3) is 0 Å². The summed E-state index contributed by atoms with van der Waals surface area (Å²) in [5.41, 5.74) is 0. The molecule has 0 aliphatic heterocycles. The van der Waals surface area contributed by atoms with Gasteiger partial charge in [0.2, 0.25) is 6.29 Å². The fraction of sp³-hybridized carbons (Fsp3) is 0.889. The van der Waals surface area contributed by atoms with E-state index in [1.165, 1.54) is 6.92 Å². The summed E-state index contributed by atoms with van der Waals surface area (Å²) in [6.07, 6.45) is 1.44. The predicted molar refractivity (Wildman–Crippen MR) is 46.7 cm³/mol. The van der Waals surface area contributed by atoms with Crippen molar-refractivity contribution >= 4 is 5.97 Å². The molecule has 1 atom stereocenters. The number of ether oxygens (including phenoxy) is 2. The molecule has 0 fully saturated rings. The quantitative estimate of drug-likeness (QED) is 0.473. The largest absolute Gasteiger partial charge is 0.436 e. The molecule has 0 N–H and O–H groups in total. The standard InChI is InChI=1S/C9H18O3/c1-5-6-9(11-7(2)3)12-8(4)10/h7,9H,5-6H2,1-4H3. The molecule has 0 aromatic rings. The SMILES string of the molecule is CCCC(OC(C)=O)OC(C)C. The minimum Gasteiger partial charge on any atom is -0.436 e. The summed E-state index contributed by atoms with van der Waals surface area (Å²) in [5.74, 6) is -0.283. The van der Waals surface area contributed by atoms with Crippen molar-refractivity contribution in [3.05, 3.63) is 0 Å². The van der Waals surface area contributed by atoms with Crippen molar-refractivity contribution in [1.29, 1.82) is 0 Å². The lowest BCUT2D eigenvalue weighted by atomic mass is 10.3. The third-order valence-electron chi connectivity index (χ3n) is 1.25. The molecule has 0 aliphatic carbocycles. The summed E-state index contributed by atoms with van der Waals surface area (Å²) in [5, 5.41) is 0. The third-order valence-corrected chi connectivity index (χ3v) is 1.25. The molecule has 1 unspecified atom stereocenters. The Labute approximate surface area is 74.0 Å². The Morgan fingerprint density at radius 1 is 1.42 bits per heavy atom. The van der Waals surface area contributed by atoms with Crippen LogP contribution in [-0.4, -0.2) is 18.4 Å². The summed E-state index contributed by atoms with van der Waals surface area (Å²) in [4.78, 5) is 10.6. The van der Waals surface area contributed by atoms with E-state index in [0.717, 1.165) is 12.8 Å². The molecule has 0 heterocycles. The van der Waals surface area contributed by atoms with Gasteiger partial charge in [-0.3, -0.25) is 4.79 Å². The average Bonchev–Trinajstić information content (AvgIpc) is 1.84. The Morgan fingerprint density at radius 3 is 2.33 bits per heavy atom. The second-order valence-electron chi connectivity index (χ2n) is 3.01. The van der Waals surface area contributed by atoms with E-state index in [1.807, 2.05) is 20.8 Å². The van der Waals surface area contributed by atoms with Crippen LogP contribution in [-0.2, 0) is 14.3 Å². The van der Waals surface area contributed by atoms with Gasteiger partial charge in [-0.1, -0.05) is 13.3 Å². The first-order valence-corrected chi connectivity index (χ1v) is 4.39. The third kappa shape index (κ3) is 6.16. The van der Waals surface area contributed by atoms with E-state index in [-0.39, 0.29) is 18.4 Å². The fourth-order valence-electron chi connectivity index (χ4n) is 0.879. The average molecular weight is 174 g/mol. The van der Waals surface area contributed by atoms with Crippen LogP contribution in [0.4, 0.5) is 0 Å². The molecule has 0 radical (unpaired) electrons. The lowest BCUT2D eigenvalue weighted by molar-refractivity contribution is -0.185. The van der Waals surface area contributed by atoms with Gasteiger partial charge in [-0.05, 0) is 13.8 Å². The number of carbonyl (C=O) groups is 1. The van der Waals surface area contributed by atoms with Crippen LogP contribution < -0.4 is 0 Å². The zero-order valence-corrected chi connectivity index (χ0v) is 8.29. The van der Waals surface area contributed by atoms with Crippen molar-refractivity contribution in [2.45, 2.75) is 52.9 Å². The summed E-state index contributed by atoms with van der Waals surface area (Å²) in [7, 11) is 0. The van der Waals surface area contributed by atoms with Gasteiger partial charge < -0.3 is 9.47 Å². The van der Waals surface area contributed by atoms with E-state index in [2.05, 4.69) is 0 Å². The Morgan fingerprint density at radius 2 is 2.00 bits per heavy atom. The van der Waals surface area contributed by atoms with Crippen molar-refractivity contribution in [2.75, 3.05) is 0 Å². The maximum absolute atomic E-state index is 10.6. The monoisotopic (exact) mass is 174 g/mol. The van der Waals surface area contributed by atoms with Gasteiger partial charge in [-0.2, -0.15) is 0 Å². The summed E-state index contributed by atoms with van der Waals surface area (Å²) < 4.78 is 10.3. The summed E-state index contributed by atoms with van der Waals surface area (Å²) in [6.45, 7) is 7.27. The van der Waals surface area contributed by atoms with Crippen LogP contribution >= 0.6 is 0 Å². The number of esters is 1. The molecule has 12 heavy (non-hydrogen) atoms. The predicted octanol–water partition coefficient (Wildman–Crippen LogP) is 2.10. The topological polar surface area (TPSA) is 35.5 Å². The van der Waals surface area contributed by atoms with Gasteiger partial charge in [0.05, 0.1) is 6.10 Å². The number of rotatable bonds is 5. The van der Waals surface area contributed by atoms with Gasteiger partial charge in [0.15, 0.2) is 0 Å². The lowest BCUT2D eigenvalue weighted by Crippen LogP contribution is -2.23. The first kappa shape index (κ1) is 11.4. The molecule has 0 amide bonds. The number of hydrogen-bond acceptors (Lipinski definition) is 3. The highest BCUT2D eigenvalue weighted by atomic mass is 16.7. The number of carbonyl (C=O) groups excluding carboxylic acids is 1. The molecule has 0 rings (SSSR count). The van der Waals surface area contributed by atoms with Crippen LogP contribution in [0.25, 0.3) is 0 Å². The molecule has 0 bridgehead atoms. The Hall–Kier alpha value is -0.570. The zero-order valence-electron chi connectivity index (χ0n) is 8.29. The smallest absolute Gasteiger partial charge is 0.304 e. The van der Waals surface area contributed by atoms with Gasteiger partial charge >= 0.3 is 5.97 Å². The van der Waals surface area contributed by atoms with E-state index >= 15 is 0 Å². The van der Waals surface area contributed by atoms with Crippen LogP contribution in [0.5, 0.6) is 0 Å². The minimum absolute atomic E-state index is 0.0981. The van der Waals surface area contributed by atoms with E-state index in [4.69, 9.17) is 9.47 Å². The van der Waals surface area contributed by atoms with E-state index in [9.17, 15) is 4.79 Å². The fourth-order valence-corrected chi connectivity index (χ4v) is 0.879. The van der Waals surface area contributed by atoms with Crippen molar-refractivity contribution in [2.24, 2.45) is 0 Å². The summed E-state index contributed by atoms with van der Waals surface area (Å²) >= 11 is 0. The zero-order chi connectivity index (χ0) is 9.56. The van der Waals surface area contributed by atoms with Gasteiger partial charge in [-0.25, -0.2) is 0 Å². The Balaban J connectivity index is 3.77. The maximum atomic E-state index is 10.6.